The van der Waals surface area contributed by atoms with E-state index >= 15 is 0 Å². The molecule has 2 atom stereocenters. The fraction of sp³-hybridized carbons (Fsp3) is 0.611. The van der Waals surface area contributed by atoms with Gasteiger partial charge in [-0.1, -0.05) is 26.7 Å². The van der Waals surface area contributed by atoms with Crippen LogP contribution in [0.5, 0.6) is 0 Å². The van der Waals surface area contributed by atoms with Crippen molar-refractivity contribution in [1.82, 2.24) is 0 Å². The van der Waals surface area contributed by atoms with E-state index in [9.17, 15) is 14.4 Å². The number of hydrogen-bond donors (Lipinski definition) is 0. The molecule has 0 aromatic rings. The van der Waals surface area contributed by atoms with Crippen molar-refractivity contribution >= 4 is 17.9 Å². The second kappa shape index (κ2) is 6.30. The minimum atomic E-state index is -0.504. The minimum Gasteiger partial charge on any atom is -0.458 e. The van der Waals surface area contributed by atoms with Crippen LogP contribution in [0.1, 0.15) is 52.4 Å². The van der Waals surface area contributed by atoms with Crippen molar-refractivity contribution in [2.45, 2.75) is 52.4 Å². The second-order valence-corrected chi connectivity index (χ2v) is 6.50. The molecule has 0 amide bonds. The molecule has 0 N–H and O–H groups in total. The third-order valence-electron chi connectivity index (χ3n) is 5.23. The molecule has 3 rings (SSSR count). The maximum Gasteiger partial charge on any atom is 0.342 e. The summed E-state index contributed by atoms with van der Waals surface area (Å²) in [7, 11) is 0. The molecule has 0 spiro atoms. The van der Waals surface area contributed by atoms with Gasteiger partial charge in [0.1, 0.15) is 6.61 Å². The molecule has 3 aliphatic rings. The first-order valence-electron chi connectivity index (χ1n) is 8.44. The molecular formula is C18H22O5. The predicted molar refractivity (Wildman–Crippen MR) is 82.1 cm³/mol. The monoisotopic (exact) mass is 318 g/mol. The largest absolute Gasteiger partial charge is 0.458 e. The molecular weight excluding hydrogens is 296 g/mol. The smallest absolute Gasteiger partial charge is 0.342 e. The summed E-state index contributed by atoms with van der Waals surface area (Å²) in [4.78, 5) is 36.4. The lowest BCUT2D eigenvalue weighted by atomic mass is 9.76. The van der Waals surface area contributed by atoms with Crippen LogP contribution in [-0.4, -0.2) is 24.5 Å². The quantitative estimate of drug-likeness (QED) is 0.591. The zero-order valence-electron chi connectivity index (χ0n) is 13.6. The standard InChI is InChI=1S/C18H22O5/c1-3-5-12-10(4-2)8-14-11(9-22-16(14)19)6-7-13-15(12)18(21)23-17(13)20/h10,12H,3-9H2,1-2H3. The molecule has 0 aromatic heterocycles. The van der Waals surface area contributed by atoms with Crippen LogP contribution < -0.4 is 0 Å². The first-order valence-corrected chi connectivity index (χ1v) is 8.44. The number of carbonyl (C=O) groups excluding carboxylic acids is 3. The summed E-state index contributed by atoms with van der Waals surface area (Å²) in [5.74, 6) is -1.10. The fourth-order valence-corrected chi connectivity index (χ4v) is 4.00. The lowest BCUT2D eigenvalue weighted by molar-refractivity contribution is -0.151. The molecule has 5 nitrogen and oxygen atoms in total. The molecule has 2 aliphatic heterocycles. The third kappa shape index (κ3) is 2.73. The Kier molecular flexibility index (Phi) is 4.37. The lowest BCUT2D eigenvalue weighted by Crippen LogP contribution is -2.22. The molecule has 5 heteroatoms. The summed E-state index contributed by atoms with van der Waals surface area (Å²) in [6.07, 6.45) is 4.22. The van der Waals surface area contributed by atoms with E-state index in [0.717, 1.165) is 30.4 Å². The predicted octanol–water partition coefficient (Wildman–Crippen LogP) is 2.85. The number of esters is 3. The SMILES string of the molecule is CCCC1C2=C(CCC3=C(CC1CC)C(=O)OC3)C(=O)OC2=O. The highest BCUT2D eigenvalue weighted by atomic mass is 16.6. The van der Waals surface area contributed by atoms with Gasteiger partial charge in [-0.3, -0.25) is 0 Å². The zero-order valence-corrected chi connectivity index (χ0v) is 13.6. The van der Waals surface area contributed by atoms with Gasteiger partial charge in [-0.2, -0.15) is 0 Å². The highest BCUT2D eigenvalue weighted by molar-refractivity contribution is 6.12. The molecule has 2 unspecified atom stereocenters. The number of ether oxygens (including phenoxy) is 2. The minimum absolute atomic E-state index is 0.0285. The van der Waals surface area contributed by atoms with E-state index in [-0.39, 0.29) is 17.8 Å². The van der Waals surface area contributed by atoms with Crippen LogP contribution in [0.4, 0.5) is 0 Å². The van der Waals surface area contributed by atoms with E-state index in [4.69, 9.17) is 9.47 Å². The van der Waals surface area contributed by atoms with Crippen molar-refractivity contribution in [2.75, 3.05) is 6.61 Å². The van der Waals surface area contributed by atoms with Gasteiger partial charge in [-0.05, 0) is 43.1 Å². The maximum atomic E-state index is 12.2. The van der Waals surface area contributed by atoms with Crippen LogP contribution in [-0.2, 0) is 23.9 Å². The lowest BCUT2D eigenvalue weighted by Gasteiger charge is -2.26. The number of carbonyl (C=O) groups is 3. The molecule has 0 saturated carbocycles. The Morgan fingerprint density at radius 3 is 2.48 bits per heavy atom. The Bertz CT molecular complexity index is 625. The summed E-state index contributed by atoms with van der Waals surface area (Å²) >= 11 is 0. The molecule has 2 heterocycles. The van der Waals surface area contributed by atoms with Crippen LogP contribution in [0, 0.1) is 11.8 Å². The van der Waals surface area contributed by atoms with Crippen molar-refractivity contribution in [2.24, 2.45) is 11.8 Å². The molecule has 124 valence electrons. The molecule has 0 fully saturated rings. The van der Waals surface area contributed by atoms with Crippen LogP contribution in [0.3, 0.4) is 0 Å². The Labute approximate surface area is 135 Å². The van der Waals surface area contributed by atoms with Gasteiger partial charge in [-0.15, -0.1) is 0 Å². The normalized spacial score (nSPS) is 28.0. The Balaban J connectivity index is 2.06. The zero-order chi connectivity index (χ0) is 16.6. The molecule has 0 radical (unpaired) electrons. The van der Waals surface area contributed by atoms with Gasteiger partial charge in [0.25, 0.3) is 0 Å². The van der Waals surface area contributed by atoms with Crippen LogP contribution in [0.25, 0.3) is 0 Å². The van der Waals surface area contributed by atoms with Gasteiger partial charge in [-0.25, -0.2) is 14.4 Å². The van der Waals surface area contributed by atoms with Crippen molar-refractivity contribution in [1.29, 1.82) is 0 Å². The molecule has 0 aromatic carbocycles. The molecule has 0 bridgehead atoms. The molecule has 1 aliphatic carbocycles. The summed E-state index contributed by atoms with van der Waals surface area (Å²) in [5.41, 5.74) is 2.82. The van der Waals surface area contributed by atoms with E-state index in [1.165, 1.54) is 0 Å². The molecule has 0 saturated heterocycles. The van der Waals surface area contributed by atoms with Crippen molar-refractivity contribution in [3.8, 4) is 0 Å². The Hall–Kier alpha value is -1.91. The number of cyclic esters (lactones) is 3. The van der Waals surface area contributed by atoms with Gasteiger partial charge in [0.2, 0.25) is 0 Å². The van der Waals surface area contributed by atoms with Gasteiger partial charge < -0.3 is 9.47 Å². The first-order chi connectivity index (χ1) is 11.1. The Morgan fingerprint density at radius 2 is 1.78 bits per heavy atom. The highest BCUT2D eigenvalue weighted by Crippen LogP contribution is 2.42. The second-order valence-electron chi connectivity index (χ2n) is 6.50. The van der Waals surface area contributed by atoms with E-state index in [1.807, 2.05) is 0 Å². The van der Waals surface area contributed by atoms with E-state index in [0.29, 0.717) is 37.0 Å². The topological polar surface area (TPSA) is 69.7 Å². The summed E-state index contributed by atoms with van der Waals surface area (Å²) in [5, 5.41) is 0. The average molecular weight is 318 g/mol. The fourth-order valence-electron chi connectivity index (χ4n) is 4.00. The van der Waals surface area contributed by atoms with E-state index < -0.39 is 11.9 Å². The Morgan fingerprint density at radius 1 is 1.00 bits per heavy atom. The van der Waals surface area contributed by atoms with Crippen LogP contribution in [0.15, 0.2) is 22.3 Å². The van der Waals surface area contributed by atoms with E-state index in [1.54, 1.807) is 0 Å². The average Bonchev–Trinajstić information content (AvgIpc) is 3.01. The van der Waals surface area contributed by atoms with Gasteiger partial charge in [0.15, 0.2) is 0 Å². The summed E-state index contributed by atoms with van der Waals surface area (Å²) in [6.45, 7) is 4.44. The van der Waals surface area contributed by atoms with Gasteiger partial charge >= 0.3 is 17.9 Å². The van der Waals surface area contributed by atoms with Gasteiger partial charge in [0, 0.05) is 11.1 Å². The van der Waals surface area contributed by atoms with Crippen molar-refractivity contribution in [3.05, 3.63) is 22.3 Å². The number of hydrogen-bond acceptors (Lipinski definition) is 5. The van der Waals surface area contributed by atoms with Crippen LogP contribution >= 0.6 is 0 Å². The van der Waals surface area contributed by atoms with Crippen molar-refractivity contribution < 1.29 is 23.9 Å². The summed E-state index contributed by atoms with van der Waals surface area (Å²) < 4.78 is 10.1. The molecule has 23 heavy (non-hydrogen) atoms. The first kappa shape index (κ1) is 16.0. The maximum absolute atomic E-state index is 12.2. The summed E-state index contributed by atoms with van der Waals surface area (Å²) in [6, 6.07) is 0. The van der Waals surface area contributed by atoms with Gasteiger partial charge in [0.05, 0.1) is 5.57 Å². The van der Waals surface area contributed by atoms with E-state index in [2.05, 4.69) is 13.8 Å². The highest BCUT2D eigenvalue weighted by Gasteiger charge is 2.42. The van der Waals surface area contributed by atoms with Crippen LogP contribution in [0.2, 0.25) is 0 Å². The van der Waals surface area contributed by atoms with Crippen molar-refractivity contribution in [3.63, 3.8) is 0 Å². The number of rotatable bonds is 3. The third-order valence-corrected chi connectivity index (χ3v) is 5.23.